The first-order chi connectivity index (χ1) is 15.8. The van der Waals surface area contributed by atoms with E-state index in [1.54, 1.807) is 12.1 Å². The van der Waals surface area contributed by atoms with Gasteiger partial charge in [0.1, 0.15) is 5.82 Å². The van der Waals surface area contributed by atoms with E-state index < -0.39 is 11.7 Å². The van der Waals surface area contributed by atoms with Gasteiger partial charge in [0, 0.05) is 29.6 Å². The molecule has 33 heavy (non-hydrogen) atoms. The lowest BCUT2D eigenvalue weighted by molar-refractivity contribution is -0.137. The van der Waals surface area contributed by atoms with E-state index in [4.69, 9.17) is 0 Å². The highest BCUT2D eigenvalue weighted by molar-refractivity contribution is 5.98. The summed E-state index contributed by atoms with van der Waals surface area (Å²) in [7, 11) is 0. The number of anilines is 1. The predicted octanol–water partition coefficient (Wildman–Crippen LogP) is 4.92. The van der Waals surface area contributed by atoms with Crippen LogP contribution in [0, 0.1) is 0 Å². The Morgan fingerprint density at radius 2 is 1.94 bits per heavy atom. The number of H-pyrrole nitrogens is 1. The first kappa shape index (κ1) is 21.5. The number of amides is 2. The van der Waals surface area contributed by atoms with Gasteiger partial charge in [0.05, 0.1) is 16.6 Å². The van der Waals surface area contributed by atoms with Crippen molar-refractivity contribution >= 4 is 28.5 Å². The molecule has 2 aliphatic rings. The quantitative estimate of drug-likeness (QED) is 0.523. The Morgan fingerprint density at radius 3 is 2.76 bits per heavy atom. The number of hydrogen-bond acceptors (Lipinski definition) is 3. The van der Waals surface area contributed by atoms with Crippen LogP contribution in [0.4, 0.5) is 18.9 Å². The summed E-state index contributed by atoms with van der Waals surface area (Å²) in [4.78, 5) is 32.0. The maximum Gasteiger partial charge on any atom is 0.416 e. The lowest BCUT2D eigenvalue weighted by Gasteiger charge is -2.29. The molecule has 0 saturated heterocycles. The van der Waals surface area contributed by atoms with Gasteiger partial charge in [-0.3, -0.25) is 9.59 Å². The standard InChI is InChI=1S/C24H23F3N4O2/c25-24(26,27)16-6-8-19-20(12-16)31-22(30-19)14-2-1-3-17(11-14)28-23(33)15-4-7-18-13(10-15)5-9-21(32)29-18/h4,6-8,10,12,14,17H,1-3,5,9,11H2,(H,28,33)(H,29,32)(H,30,31). The molecule has 2 aromatic carbocycles. The Morgan fingerprint density at radius 1 is 1.09 bits per heavy atom. The molecule has 2 atom stereocenters. The maximum absolute atomic E-state index is 13.0. The number of nitrogens with one attached hydrogen (secondary N) is 3. The van der Waals surface area contributed by atoms with Crippen LogP contribution in [0.5, 0.6) is 0 Å². The van der Waals surface area contributed by atoms with Crippen molar-refractivity contribution in [1.29, 1.82) is 0 Å². The summed E-state index contributed by atoms with van der Waals surface area (Å²) in [6.07, 6.45) is -0.143. The second-order valence-corrected chi connectivity index (χ2v) is 8.81. The van der Waals surface area contributed by atoms with Crippen molar-refractivity contribution in [3.63, 3.8) is 0 Å². The summed E-state index contributed by atoms with van der Waals surface area (Å²) in [5.41, 5.74) is 2.42. The number of halogens is 3. The monoisotopic (exact) mass is 456 g/mol. The Bertz CT molecular complexity index is 1230. The van der Waals surface area contributed by atoms with Gasteiger partial charge in [-0.25, -0.2) is 4.98 Å². The number of fused-ring (bicyclic) bond motifs is 2. The fourth-order valence-electron chi connectivity index (χ4n) is 4.76. The van der Waals surface area contributed by atoms with Crippen LogP contribution in [0.25, 0.3) is 11.0 Å². The summed E-state index contributed by atoms with van der Waals surface area (Å²) in [5, 5.41) is 5.91. The van der Waals surface area contributed by atoms with Gasteiger partial charge in [-0.1, -0.05) is 6.42 Å². The molecule has 0 spiro atoms. The number of imidazole rings is 1. The van der Waals surface area contributed by atoms with Gasteiger partial charge in [0.2, 0.25) is 5.91 Å². The molecule has 2 heterocycles. The van der Waals surface area contributed by atoms with Crippen LogP contribution in [0.2, 0.25) is 0 Å². The highest BCUT2D eigenvalue weighted by Crippen LogP contribution is 2.35. The van der Waals surface area contributed by atoms with Gasteiger partial charge in [0.25, 0.3) is 5.91 Å². The van der Waals surface area contributed by atoms with Crippen molar-refractivity contribution in [2.24, 2.45) is 0 Å². The van der Waals surface area contributed by atoms with E-state index in [0.717, 1.165) is 42.6 Å². The number of aryl methyl sites for hydroxylation is 1. The molecule has 3 aromatic rings. The van der Waals surface area contributed by atoms with E-state index in [1.807, 2.05) is 6.07 Å². The molecule has 5 rings (SSSR count). The number of carbonyl (C=O) groups excluding carboxylic acids is 2. The van der Waals surface area contributed by atoms with E-state index in [9.17, 15) is 22.8 Å². The zero-order valence-electron chi connectivity index (χ0n) is 17.8. The number of benzene rings is 2. The molecule has 1 aliphatic carbocycles. The number of carbonyl (C=O) groups is 2. The molecular formula is C24H23F3N4O2. The number of hydrogen-bond donors (Lipinski definition) is 3. The van der Waals surface area contributed by atoms with Gasteiger partial charge in [0.15, 0.2) is 0 Å². The minimum Gasteiger partial charge on any atom is -0.349 e. The minimum atomic E-state index is -4.40. The van der Waals surface area contributed by atoms with Gasteiger partial charge >= 0.3 is 6.18 Å². The summed E-state index contributed by atoms with van der Waals surface area (Å²) < 4.78 is 39.0. The molecule has 3 N–H and O–H groups in total. The molecule has 1 aromatic heterocycles. The molecule has 1 saturated carbocycles. The minimum absolute atomic E-state index is 0.0202. The van der Waals surface area contributed by atoms with Crippen molar-refractivity contribution in [3.05, 3.63) is 58.9 Å². The average molecular weight is 456 g/mol. The topological polar surface area (TPSA) is 86.9 Å². The molecule has 2 unspecified atom stereocenters. The molecular weight excluding hydrogens is 433 g/mol. The van der Waals surface area contributed by atoms with E-state index in [1.165, 1.54) is 6.07 Å². The Labute approximate surface area is 188 Å². The molecule has 2 amide bonds. The second-order valence-electron chi connectivity index (χ2n) is 8.81. The molecule has 6 nitrogen and oxygen atoms in total. The highest BCUT2D eigenvalue weighted by Gasteiger charge is 2.31. The van der Waals surface area contributed by atoms with Crippen molar-refractivity contribution in [3.8, 4) is 0 Å². The summed E-state index contributed by atoms with van der Waals surface area (Å²) in [6, 6.07) is 8.76. The predicted molar refractivity (Wildman–Crippen MR) is 117 cm³/mol. The van der Waals surface area contributed by atoms with E-state index in [0.29, 0.717) is 41.7 Å². The van der Waals surface area contributed by atoms with Gasteiger partial charge in [-0.05, 0) is 67.6 Å². The van der Waals surface area contributed by atoms with Crippen LogP contribution in [0.15, 0.2) is 36.4 Å². The third-order valence-electron chi connectivity index (χ3n) is 6.49. The van der Waals surface area contributed by atoms with Crippen LogP contribution < -0.4 is 10.6 Å². The van der Waals surface area contributed by atoms with Crippen molar-refractivity contribution in [1.82, 2.24) is 15.3 Å². The van der Waals surface area contributed by atoms with Crippen LogP contribution in [0.3, 0.4) is 0 Å². The third-order valence-corrected chi connectivity index (χ3v) is 6.49. The van der Waals surface area contributed by atoms with Crippen molar-refractivity contribution < 1.29 is 22.8 Å². The van der Waals surface area contributed by atoms with Crippen LogP contribution in [-0.2, 0) is 17.4 Å². The summed E-state index contributed by atoms with van der Waals surface area (Å²) in [6.45, 7) is 0. The summed E-state index contributed by atoms with van der Waals surface area (Å²) in [5.74, 6) is 0.505. The fourth-order valence-corrected chi connectivity index (χ4v) is 4.76. The molecule has 0 bridgehead atoms. The number of nitrogens with zero attached hydrogens (tertiary/aromatic N) is 1. The highest BCUT2D eigenvalue weighted by atomic mass is 19.4. The first-order valence-electron chi connectivity index (χ1n) is 11.1. The first-order valence-corrected chi connectivity index (χ1v) is 11.1. The third kappa shape index (κ3) is 4.44. The number of aromatic amines is 1. The molecule has 9 heteroatoms. The number of aromatic nitrogens is 2. The Kier molecular flexibility index (Phi) is 5.34. The molecule has 1 fully saturated rings. The second kappa shape index (κ2) is 8.20. The smallest absolute Gasteiger partial charge is 0.349 e. The normalized spacial score (nSPS) is 20.9. The van der Waals surface area contributed by atoms with Crippen LogP contribution in [-0.4, -0.2) is 27.8 Å². The number of alkyl halides is 3. The zero-order chi connectivity index (χ0) is 23.2. The van der Waals surface area contributed by atoms with E-state index in [-0.39, 0.29) is 23.8 Å². The lowest BCUT2D eigenvalue weighted by atomic mass is 9.85. The van der Waals surface area contributed by atoms with Gasteiger partial charge in [-0.2, -0.15) is 13.2 Å². The van der Waals surface area contributed by atoms with E-state index in [2.05, 4.69) is 20.6 Å². The maximum atomic E-state index is 13.0. The molecule has 172 valence electrons. The van der Waals surface area contributed by atoms with Crippen molar-refractivity contribution in [2.45, 2.75) is 56.7 Å². The van der Waals surface area contributed by atoms with Crippen LogP contribution >= 0.6 is 0 Å². The largest absolute Gasteiger partial charge is 0.416 e. The fraction of sp³-hybridized carbons (Fsp3) is 0.375. The zero-order valence-corrected chi connectivity index (χ0v) is 17.8. The Balaban J connectivity index is 1.28. The van der Waals surface area contributed by atoms with Gasteiger partial charge in [-0.15, -0.1) is 0 Å². The van der Waals surface area contributed by atoms with Crippen molar-refractivity contribution in [2.75, 3.05) is 5.32 Å². The molecule has 0 radical (unpaired) electrons. The SMILES string of the molecule is O=C1CCc2cc(C(=O)NC3CCCC(c4nc5ccc(C(F)(F)F)cc5[nH]4)C3)ccc2N1. The molecule has 1 aliphatic heterocycles. The average Bonchev–Trinajstić information content (AvgIpc) is 3.22. The van der Waals surface area contributed by atoms with E-state index >= 15 is 0 Å². The lowest BCUT2D eigenvalue weighted by Crippen LogP contribution is -2.38. The Hall–Kier alpha value is -3.36. The number of rotatable bonds is 3. The van der Waals surface area contributed by atoms with Crippen LogP contribution in [0.1, 0.15) is 65.3 Å². The van der Waals surface area contributed by atoms with Gasteiger partial charge < -0.3 is 15.6 Å². The summed E-state index contributed by atoms with van der Waals surface area (Å²) >= 11 is 0.